The van der Waals surface area contributed by atoms with E-state index in [0.717, 1.165) is 16.2 Å². The molecule has 0 bridgehead atoms. The summed E-state index contributed by atoms with van der Waals surface area (Å²) in [6, 6.07) is 16.0. The van der Waals surface area contributed by atoms with Gasteiger partial charge in [-0.2, -0.15) is 21.6 Å². The van der Waals surface area contributed by atoms with Gasteiger partial charge in [-0.3, -0.25) is 0 Å². The minimum absolute atomic E-state index is 0.217. The molecule has 1 aromatic heterocycles. The van der Waals surface area contributed by atoms with Crippen LogP contribution in [0.2, 0.25) is 0 Å². The lowest BCUT2D eigenvalue weighted by atomic mass is 9.95. The number of benzene rings is 3. The molecule has 0 saturated carbocycles. The summed E-state index contributed by atoms with van der Waals surface area (Å²) in [4.78, 5) is 3.76. The number of nitrogens with zero attached hydrogens (tertiary/aromatic N) is 1. The maximum Gasteiger partial charge on any atom is 0.534 e. The average Bonchev–Trinajstić information content (AvgIpc) is 2.61. The molecule has 0 amide bonds. The Morgan fingerprint density at radius 2 is 1.23 bits per heavy atom. The second kappa shape index (κ2) is 5.57. The number of hydrogen-bond acceptors (Lipinski definition) is 4. The van der Waals surface area contributed by atoms with E-state index in [4.69, 9.17) is 0 Å². The summed E-state index contributed by atoms with van der Waals surface area (Å²) in [5.74, 6) is -0.596. The van der Waals surface area contributed by atoms with Crippen molar-refractivity contribution in [3.05, 3.63) is 60.8 Å². The SMILES string of the molecule is O=S(=O)(Oc1nccc2c3ccccc3c3ccccc3c12)C(F)(F)F. The molecular weight excluding hydrogens is 367 g/mol. The standard InChI is InChI=1S/C18H10F3NO3S/c19-18(20,21)26(23,24)25-17-16-14-8-4-3-6-12(14)11-5-1-2-7-13(11)15(16)9-10-22-17/h1-10H. The van der Waals surface area contributed by atoms with E-state index in [9.17, 15) is 21.6 Å². The zero-order valence-electron chi connectivity index (χ0n) is 13.0. The first-order chi connectivity index (χ1) is 12.3. The van der Waals surface area contributed by atoms with Gasteiger partial charge >= 0.3 is 15.6 Å². The van der Waals surface area contributed by atoms with Crippen molar-refractivity contribution < 1.29 is 25.8 Å². The topological polar surface area (TPSA) is 56.3 Å². The Bertz CT molecular complexity index is 1220. The molecule has 0 radical (unpaired) electrons. The van der Waals surface area contributed by atoms with Crippen molar-refractivity contribution in [3.8, 4) is 5.88 Å². The van der Waals surface area contributed by atoms with E-state index in [-0.39, 0.29) is 5.39 Å². The number of rotatable bonds is 2. The van der Waals surface area contributed by atoms with Crippen LogP contribution in [0.25, 0.3) is 32.3 Å². The van der Waals surface area contributed by atoms with E-state index in [0.29, 0.717) is 10.8 Å². The van der Waals surface area contributed by atoms with Crippen LogP contribution >= 0.6 is 0 Å². The number of halogens is 3. The third-order valence-corrected chi connectivity index (χ3v) is 5.04. The molecule has 1 heterocycles. The van der Waals surface area contributed by atoms with E-state index in [1.165, 1.54) is 6.20 Å². The molecule has 0 unspecified atom stereocenters. The molecule has 0 aliphatic heterocycles. The van der Waals surface area contributed by atoms with Gasteiger partial charge in [-0.15, -0.1) is 0 Å². The van der Waals surface area contributed by atoms with Gasteiger partial charge < -0.3 is 4.18 Å². The highest BCUT2D eigenvalue weighted by Gasteiger charge is 2.49. The van der Waals surface area contributed by atoms with E-state index < -0.39 is 21.5 Å². The molecule has 0 spiro atoms. The third kappa shape index (κ3) is 2.45. The average molecular weight is 377 g/mol. The highest BCUT2D eigenvalue weighted by Crippen LogP contribution is 2.39. The van der Waals surface area contributed by atoms with Crippen LogP contribution in [0.4, 0.5) is 13.2 Å². The Labute approximate surface area is 146 Å². The minimum atomic E-state index is -5.83. The second-order valence-corrected chi connectivity index (χ2v) is 7.15. The minimum Gasteiger partial charge on any atom is -0.355 e. The summed E-state index contributed by atoms with van der Waals surface area (Å²) >= 11 is 0. The Balaban J connectivity index is 2.15. The number of alkyl halides is 3. The molecule has 8 heteroatoms. The van der Waals surface area contributed by atoms with Gasteiger partial charge in [-0.25, -0.2) is 4.98 Å². The van der Waals surface area contributed by atoms with Gasteiger partial charge in [-0.05, 0) is 33.0 Å². The number of fused-ring (bicyclic) bond motifs is 6. The summed E-state index contributed by atoms with van der Waals surface area (Å²) in [6.45, 7) is 0. The zero-order chi connectivity index (χ0) is 18.5. The molecule has 132 valence electrons. The Morgan fingerprint density at radius 3 is 1.77 bits per heavy atom. The molecule has 0 atom stereocenters. The van der Waals surface area contributed by atoms with E-state index >= 15 is 0 Å². The Kier molecular flexibility index (Phi) is 3.55. The molecular formula is C18H10F3NO3S. The number of pyridine rings is 1. The lowest BCUT2D eigenvalue weighted by molar-refractivity contribution is -0.0500. The summed E-state index contributed by atoms with van der Waals surface area (Å²) in [7, 11) is -5.83. The van der Waals surface area contributed by atoms with Crippen LogP contribution < -0.4 is 4.18 Å². The van der Waals surface area contributed by atoms with Crippen molar-refractivity contribution in [1.29, 1.82) is 0 Å². The van der Waals surface area contributed by atoms with Crippen LogP contribution in [-0.4, -0.2) is 18.9 Å². The molecule has 4 nitrogen and oxygen atoms in total. The highest BCUT2D eigenvalue weighted by molar-refractivity contribution is 7.88. The fraction of sp³-hybridized carbons (Fsp3) is 0.0556. The Morgan fingerprint density at radius 1 is 0.769 bits per heavy atom. The molecule has 0 N–H and O–H groups in total. The number of hydrogen-bond donors (Lipinski definition) is 0. The van der Waals surface area contributed by atoms with Crippen molar-refractivity contribution in [2.75, 3.05) is 0 Å². The van der Waals surface area contributed by atoms with Gasteiger partial charge in [-0.1, -0.05) is 48.5 Å². The molecule has 26 heavy (non-hydrogen) atoms. The van der Waals surface area contributed by atoms with Crippen molar-refractivity contribution in [2.24, 2.45) is 0 Å². The quantitative estimate of drug-likeness (QED) is 0.287. The van der Waals surface area contributed by atoms with Crippen LogP contribution in [0, 0.1) is 0 Å². The largest absolute Gasteiger partial charge is 0.534 e. The van der Waals surface area contributed by atoms with Gasteiger partial charge in [0.05, 0.1) is 5.39 Å². The lowest BCUT2D eigenvalue weighted by Crippen LogP contribution is -2.28. The van der Waals surface area contributed by atoms with Crippen LogP contribution in [0.1, 0.15) is 0 Å². The molecule has 0 aliphatic carbocycles. The van der Waals surface area contributed by atoms with Crippen LogP contribution in [-0.2, 0) is 10.1 Å². The normalized spacial score (nSPS) is 12.7. The zero-order valence-corrected chi connectivity index (χ0v) is 13.8. The Hall–Kier alpha value is -2.87. The van der Waals surface area contributed by atoms with Crippen molar-refractivity contribution in [3.63, 3.8) is 0 Å². The molecule has 4 aromatic rings. The third-order valence-electron chi connectivity index (χ3n) is 4.09. The highest BCUT2D eigenvalue weighted by atomic mass is 32.2. The van der Waals surface area contributed by atoms with E-state index in [2.05, 4.69) is 9.17 Å². The van der Waals surface area contributed by atoms with E-state index in [1.807, 2.05) is 24.3 Å². The molecule has 4 rings (SSSR count). The maximum atomic E-state index is 12.7. The monoisotopic (exact) mass is 377 g/mol. The second-order valence-electron chi connectivity index (χ2n) is 5.61. The van der Waals surface area contributed by atoms with Crippen LogP contribution in [0.3, 0.4) is 0 Å². The molecule has 0 aliphatic rings. The smallest absolute Gasteiger partial charge is 0.355 e. The molecule has 0 saturated heterocycles. The van der Waals surface area contributed by atoms with Crippen LogP contribution in [0.15, 0.2) is 60.8 Å². The predicted molar refractivity (Wildman–Crippen MR) is 92.4 cm³/mol. The first-order valence-electron chi connectivity index (χ1n) is 7.48. The lowest BCUT2D eigenvalue weighted by Gasteiger charge is -2.14. The van der Waals surface area contributed by atoms with Gasteiger partial charge in [0.25, 0.3) is 0 Å². The van der Waals surface area contributed by atoms with Gasteiger partial charge in [0, 0.05) is 6.20 Å². The first-order valence-corrected chi connectivity index (χ1v) is 8.89. The van der Waals surface area contributed by atoms with E-state index in [1.54, 1.807) is 30.3 Å². The van der Waals surface area contributed by atoms with Crippen molar-refractivity contribution in [2.45, 2.75) is 5.51 Å². The van der Waals surface area contributed by atoms with Crippen molar-refractivity contribution >= 4 is 42.4 Å². The maximum absolute atomic E-state index is 12.7. The number of aromatic nitrogens is 1. The molecule has 0 fully saturated rings. The molecule has 3 aromatic carbocycles. The van der Waals surface area contributed by atoms with Gasteiger partial charge in [0.2, 0.25) is 5.88 Å². The fourth-order valence-electron chi connectivity index (χ4n) is 3.03. The summed E-state index contributed by atoms with van der Waals surface area (Å²) in [6.07, 6.45) is 1.23. The van der Waals surface area contributed by atoms with Crippen LogP contribution in [0.5, 0.6) is 5.88 Å². The summed E-state index contributed by atoms with van der Waals surface area (Å²) in [5, 5.41) is 3.75. The summed E-state index contributed by atoms with van der Waals surface area (Å²) < 4.78 is 65.6. The summed E-state index contributed by atoms with van der Waals surface area (Å²) in [5.41, 5.74) is -5.54. The van der Waals surface area contributed by atoms with Gasteiger partial charge in [0.15, 0.2) is 0 Å². The van der Waals surface area contributed by atoms with Crippen molar-refractivity contribution in [1.82, 2.24) is 4.98 Å². The predicted octanol–water partition coefficient (Wildman–Crippen LogP) is 4.77. The van der Waals surface area contributed by atoms with Gasteiger partial charge in [0.1, 0.15) is 0 Å². The first kappa shape index (κ1) is 16.6. The fourth-order valence-corrected chi connectivity index (χ4v) is 3.46.